The first-order chi connectivity index (χ1) is 25.6. The summed E-state index contributed by atoms with van der Waals surface area (Å²) in [6.07, 6.45) is 0. The van der Waals surface area contributed by atoms with Crippen molar-refractivity contribution < 1.29 is 0 Å². The molecule has 0 aliphatic heterocycles. The average Bonchev–Trinajstić information content (AvgIpc) is 3.68. The third-order valence-electron chi connectivity index (χ3n) is 11.6. The molecular formula is C51H34S. The Bertz CT molecular complexity index is 3020. The highest BCUT2D eigenvalue weighted by atomic mass is 32.1. The number of hydrogen-bond donors (Lipinski definition) is 0. The largest absolute Gasteiger partial charge is 0.135 e. The predicted molar refractivity (Wildman–Crippen MR) is 226 cm³/mol. The summed E-state index contributed by atoms with van der Waals surface area (Å²) in [6, 6.07) is 63.4. The fourth-order valence-corrected chi connectivity index (χ4v) is 10.6. The van der Waals surface area contributed by atoms with Gasteiger partial charge in [0.25, 0.3) is 0 Å². The van der Waals surface area contributed by atoms with E-state index in [0.717, 1.165) is 0 Å². The Labute approximate surface area is 307 Å². The van der Waals surface area contributed by atoms with Crippen molar-refractivity contribution in [2.24, 2.45) is 0 Å². The van der Waals surface area contributed by atoms with Crippen molar-refractivity contribution in [1.29, 1.82) is 0 Å². The number of rotatable bonds is 3. The Morgan fingerprint density at radius 1 is 0.385 bits per heavy atom. The zero-order chi connectivity index (χ0) is 34.6. The Hall–Kier alpha value is -6.02. The molecule has 1 aromatic heterocycles. The van der Waals surface area contributed by atoms with Crippen LogP contribution < -0.4 is 0 Å². The highest BCUT2D eigenvalue weighted by molar-refractivity contribution is 7.26. The standard InChI is InChI=1S/C51H34S/c1-51(2)44-24-11-9-17-35(44)42-30-43-36-18-10-12-25-45(36)52-50(43)47(49(42)51)33-28-26-32(27-29-33)46-38-19-5-7-21-40(38)48(41-22-8-6-20-39(41)46)37-23-13-15-31-14-3-4-16-34(31)37/h3-30H,1-2H3. The van der Waals surface area contributed by atoms with Gasteiger partial charge in [-0.2, -0.15) is 0 Å². The monoisotopic (exact) mass is 678 g/mol. The summed E-state index contributed by atoms with van der Waals surface area (Å²) in [5.74, 6) is 0. The van der Waals surface area contributed by atoms with E-state index in [1.165, 1.54) is 108 Å². The molecule has 1 aliphatic rings. The third kappa shape index (κ3) is 4.09. The summed E-state index contributed by atoms with van der Waals surface area (Å²) < 4.78 is 2.72. The van der Waals surface area contributed by atoms with Gasteiger partial charge in [-0.3, -0.25) is 0 Å². The van der Waals surface area contributed by atoms with E-state index in [0.29, 0.717) is 0 Å². The van der Waals surface area contributed by atoms with Gasteiger partial charge in [0.2, 0.25) is 0 Å². The molecule has 244 valence electrons. The maximum atomic E-state index is 2.48. The molecule has 0 bridgehead atoms. The van der Waals surface area contributed by atoms with Gasteiger partial charge in [-0.05, 0) is 94.5 Å². The molecule has 0 unspecified atom stereocenters. The van der Waals surface area contributed by atoms with Crippen LogP contribution in [0.3, 0.4) is 0 Å². The molecule has 0 saturated carbocycles. The number of thiophene rings is 1. The van der Waals surface area contributed by atoms with Crippen molar-refractivity contribution in [3.05, 3.63) is 181 Å². The number of benzene rings is 9. The van der Waals surface area contributed by atoms with E-state index in [-0.39, 0.29) is 5.41 Å². The van der Waals surface area contributed by atoms with Crippen LogP contribution in [-0.2, 0) is 5.41 Å². The van der Waals surface area contributed by atoms with E-state index in [4.69, 9.17) is 0 Å². The van der Waals surface area contributed by atoms with Crippen LogP contribution in [0.1, 0.15) is 25.0 Å². The first-order valence-electron chi connectivity index (χ1n) is 18.2. The topological polar surface area (TPSA) is 0 Å². The van der Waals surface area contributed by atoms with Crippen LogP contribution in [0.4, 0.5) is 0 Å². The molecule has 0 amide bonds. The van der Waals surface area contributed by atoms with Crippen LogP contribution in [0.15, 0.2) is 170 Å². The number of hydrogen-bond acceptors (Lipinski definition) is 1. The van der Waals surface area contributed by atoms with Crippen molar-refractivity contribution in [3.8, 4) is 44.5 Å². The second kappa shape index (κ2) is 11.0. The van der Waals surface area contributed by atoms with Gasteiger partial charge in [-0.15, -0.1) is 11.3 Å². The van der Waals surface area contributed by atoms with Gasteiger partial charge in [-0.25, -0.2) is 0 Å². The van der Waals surface area contributed by atoms with Crippen LogP contribution in [0.25, 0.3) is 97.0 Å². The molecule has 10 aromatic rings. The minimum Gasteiger partial charge on any atom is -0.135 e. The minimum atomic E-state index is -0.117. The van der Waals surface area contributed by atoms with Gasteiger partial charge in [-0.1, -0.05) is 172 Å². The summed E-state index contributed by atoms with van der Waals surface area (Å²) in [7, 11) is 0. The van der Waals surface area contributed by atoms with Crippen LogP contribution in [-0.4, -0.2) is 0 Å². The van der Waals surface area contributed by atoms with Gasteiger partial charge in [0.05, 0.1) is 0 Å². The summed E-state index contributed by atoms with van der Waals surface area (Å²) >= 11 is 1.93. The molecule has 0 saturated heterocycles. The quantitative estimate of drug-likeness (QED) is 0.163. The first-order valence-corrected chi connectivity index (χ1v) is 19.0. The maximum absolute atomic E-state index is 2.48. The summed E-state index contributed by atoms with van der Waals surface area (Å²) in [5.41, 5.74) is 13.2. The molecule has 1 heteroatoms. The van der Waals surface area contributed by atoms with Crippen molar-refractivity contribution in [2.45, 2.75) is 19.3 Å². The predicted octanol–water partition coefficient (Wildman–Crippen LogP) is 14.8. The molecule has 1 heterocycles. The van der Waals surface area contributed by atoms with E-state index in [1.54, 1.807) is 0 Å². The lowest BCUT2D eigenvalue weighted by molar-refractivity contribution is 0.663. The molecule has 0 fully saturated rings. The van der Waals surface area contributed by atoms with Crippen LogP contribution in [0.5, 0.6) is 0 Å². The molecular weight excluding hydrogens is 645 g/mol. The summed E-state index contributed by atoms with van der Waals surface area (Å²) in [6.45, 7) is 4.81. The maximum Gasteiger partial charge on any atom is 0.0437 e. The van der Waals surface area contributed by atoms with Crippen molar-refractivity contribution >= 4 is 63.8 Å². The third-order valence-corrected chi connectivity index (χ3v) is 12.8. The second-order valence-corrected chi connectivity index (χ2v) is 15.8. The highest BCUT2D eigenvalue weighted by Crippen LogP contribution is 2.56. The Morgan fingerprint density at radius 2 is 0.904 bits per heavy atom. The molecule has 0 atom stereocenters. The second-order valence-electron chi connectivity index (χ2n) is 14.8. The Kier molecular flexibility index (Phi) is 6.27. The van der Waals surface area contributed by atoms with E-state index in [2.05, 4.69) is 184 Å². The zero-order valence-electron chi connectivity index (χ0n) is 29.1. The van der Waals surface area contributed by atoms with Crippen molar-refractivity contribution in [1.82, 2.24) is 0 Å². The first kappa shape index (κ1) is 29.7. The summed E-state index contributed by atoms with van der Waals surface area (Å²) in [4.78, 5) is 0. The lowest BCUT2D eigenvalue weighted by Gasteiger charge is -2.25. The normalized spacial score (nSPS) is 13.3. The van der Waals surface area contributed by atoms with Gasteiger partial charge in [0.1, 0.15) is 0 Å². The highest BCUT2D eigenvalue weighted by Gasteiger charge is 2.39. The van der Waals surface area contributed by atoms with Gasteiger partial charge in [0.15, 0.2) is 0 Å². The van der Waals surface area contributed by atoms with E-state index >= 15 is 0 Å². The zero-order valence-corrected chi connectivity index (χ0v) is 29.9. The van der Waals surface area contributed by atoms with Gasteiger partial charge >= 0.3 is 0 Å². The van der Waals surface area contributed by atoms with E-state index in [9.17, 15) is 0 Å². The molecule has 0 radical (unpaired) electrons. The average molecular weight is 679 g/mol. The Morgan fingerprint density at radius 3 is 1.62 bits per heavy atom. The molecule has 0 nitrogen and oxygen atoms in total. The summed E-state index contributed by atoms with van der Waals surface area (Å²) in [5, 5.41) is 10.4. The van der Waals surface area contributed by atoms with Crippen molar-refractivity contribution in [3.63, 3.8) is 0 Å². The smallest absolute Gasteiger partial charge is 0.0437 e. The minimum absolute atomic E-state index is 0.117. The fourth-order valence-electron chi connectivity index (χ4n) is 9.37. The van der Waals surface area contributed by atoms with E-state index in [1.807, 2.05) is 11.3 Å². The Balaban J connectivity index is 1.17. The van der Waals surface area contributed by atoms with Gasteiger partial charge in [0, 0.05) is 31.2 Å². The lowest BCUT2D eigenvalue weighted by atomic mass is 9.78. The SMILES string of the molecule is CC1(C)c2ccccc2-c2cc3c(sc4ccccc43)c(-c3ccc(-c4c5ccccc5c(-c5cccc6ccccc56)c5ccccc45)cc3)c21. The molecule has 11 rings (SSSR count). The molecule has 1 aliphatic carbocycles. The van der Waals surface area contributed by atoms with Gasteiger partial charge < -0.3 is 0 Å². The van der Waals surface area contributed by atoms with E-state index < -0.39 is 0 Å². The fraction of sp³-hybridized carbons (Fsp3) is 0.0588. The van der Waals surface area contributed by atoms with Crippen LogP contribution in [0.2, 0.25) is 0 Å². The van der Waals surface area contributed by atoms with Crippen molar-refractivity contribution in [2.75, 3.05) is 0 Å². The van der Waals surface area contributed by atoms with Crippen LogP contribution in [0, 0.1) is 0 Å². The molecule has 0 spiro atoms. The lowest BCUT2D eigenvalue weighted by Crippen LogP contribution is -2.16. The molecule has 52 heavy (non-hydrogen) atoms. The molecule has 9 aromatic carbocycles. The number of fused-ring (bicyclic) bond motifs is 9. The molecule has 0 N–H and O–H groups in total. The van der Waals surface area contributed by atoms with Crippen LogP contribution >= 0.6 is 11.3 Å².